The molecule has 6 nitrogen and oxygen atoms in total. The highest BCUT2D eigenvalue weighted by molar-refractivity contribution is 5.84. The van der Waals surface area contributed by atoms with Gasteiger partial charge < -0.3 is 14.1 Å². The summed E-state index contributed by atoms with van der Waals surface area (Å²) < 4.78 is 10.8. The molecule has 1 amide bonds. The number of ether oxygens (including phenoxy) is 1. The Labute approximate surface area is 143 Å². The third kappa shape index (κ3) is 2.97. The molecule has 0 aromatic carbocycles. The molecule has 3 aliphatic heterocycles. The zero-order valence-electron chi connectivity index (χ0n) is 14.5. The second-order valence-corrected chi connectivity index (χ2v) is 7.54. The number of piperidine rings is 1. The lowest BCUT2D eigenvalue weighted by Gasteiger charge is -2.44. The van der Waals surface area contributed by atoms with Crippen LogP contribution < -0.4 is 0 Å². The van der Waals surface area contributed by atoms with Crippen LogP contribution in [0.25, 0.3) is 0 Å². The predicted molar refractivity (Wildman–Crippen MR) is 88.4 cm³/mol. The van der Waals surface area contributed by atoms with Gasteiger partial charge in [-0.15, -0.1) is 0 Å². The molecule has 6 heteroatoms. The lowest BCUT2D eigenvalue weighted by molar-refractivity contribution is -0.150. The quantitative estimate of drug-likeness (QED) is 0.846. The van der Waals surface area contributed by atoms with E-state index >= 15 is 0 Å². The lowest BCUT2D eigenvalue weighted by Crippen LogP contribution is -2.54. The highest BCUT2D eigenvalue weighted by Crippen LogP contribution is 2.41. The van der Waals surface area contributed by atoms with Gasteiger partial charge in [0.2, 0.25) is 5.91 Å². The average molecular weight is 333 g/mol. The fourth-order valence-corrected chi connectivity index (χ4v) is 4.63. The van der Waals surface area contributed by atoms with Crippen molar-refractivity contribution in [2.24, 2.45) is 5.41 Å². The maximum absolute atomic E-state index is 13.3. The van der Waals surface area contributed by atoms with E-state index < -0.39 is 0 Å². The minimum absolute atomic E-state index is 0.171. The monoisotopic (exact) mass is 333 g/mol. The van der Waals surface area contributed by atoms with Gasteiger partial charge >= 0.3 is 0 Å². The van der Waals surface area contributed by atoms with Crippen molar-refractivity contribution in [3.8, 4) is 0 Å². The number of carbonyl (C=O) groups excluding carboxylic acids is 1. The Morgan fingerprint density at radius 3 is 2.88 bits per heavy atom. The van der Waals surface area contributed by atoms with E-state index in [0.29, 0.717) is 17.8 Å². The molecule has 0 aliphatic carbocycles. The van der Waals surface area contributed by atoms with Crippen molar-refractivity contribution >= 4 is 5.91 Å². The molecule has 1 aromatic heterocycles. The molecule has 0 saturated carbocycles. The molecular formula is C18H27N3O3. The Morgan fingerprint density at radius 2 is 2.12 bits per heavy atom. The first-order chi connectivity index (χ1) is 11.7. The Balaban J connectivity index is 1.43. The minimum Gasteiger partial charge on any atom is -0.449 e. The Morgan fingerprint density at radius 1 is 1.29 bits per heavy atom. The smallest absolute Gasteiger partial charge is 0.230 e. The van der Waals surface area contributed by atoms with Gasteiger partial charge in [0.15, 0.2) is 5.89 Å². The number of nitrogens with zero attached hydrogens (tertiary/aromatic N) is 3. The molecule has 24 heavy (non-hydrogen) atoms. The summed E-state index contributed by atoms with van der Waals surface area (Å²) in [6, 6.07) is 0.385. The first kappa shape index (κ1) is 16.1. The summed E-state index contributed by atoms with van der Waals surface area (Å²) in [5.41, 5.74) is 0.795. The minimum atomic E-state index is -0.171. The Bertz CT molecular complexity index is 596. The first-order valence-electron chi connectivity index (χ1n) is 9.18. The van der Waals surface area contributed by atoms with E-state index in [-0.39, 0.29) is 5.41 Å². The molecule has 4 rings (SSSR count). The summed E-state index contributed by atoms with van der Waals surface area (Å²) in [5, 5.41) is 0. The molecule has 1 aromatic rings. The van der Waals surface area contributed by atoms with Gasteiger partial charge in [-0.3, -0.25) is 9.69 Å². The van der Waals surface area contributed by atoms with Crippen LogP contribution in [0.3, 0.4) is 0 Å². The van der Waals surface area contributed by atoms with Crippen LogP contribution in [-0.4, -0.2) is 59.6 Å². The number of aromatic nitrogens is 1. The molecule has 0 radical (unpaired) electrons. The molecule has 3 fully saturated rings. The van der Waals surface area contributed by atoms with Gasteiger partial charge in [-0.25, -0.2) is 4.98 Å². The van der Waals surface area contributed by atoms with Crippen molar-refractivity contribution in [1.82, 2.24) is 14.8 Å². The number of hydrogen-bond donors (Lipinski definition) is 0. The number of hydrogen-bond acceptors (Lipinski definition) is 5. The number of amides is 1. The van der Waals surface area contributed by atoms with E-state index in [1.165, 1.54) is 0 Å². The van der Waals surface area contributed by atoms with Crippen molar-refractivity contribution in [2.75, 3.05) is 32.8 Å². The third-order valence-electron chi connectivity index (χ3n) is 5.89. The van der Waals surface area contributed by atoms with Crippen LogP contribution in [-0.2, 0) is 16.1 Å². The van der Waals surface area contributed by atoms with E-state index in [1.807, 2.05) is 6.92 Å². The SMILES string of the molecule is Cc1nc(CN2CC[C@]3(CCCN(C4CCOCC4)C3=O)C2)co1. The Hall–Kier alpha value is -1.40. The highest BCUT2D eigenvalue weighted by atomic mass is 16.5. The molecule has 0 N–H and O–H groups in total. The van der Waals surface area contributed by atoms with Crippen molar-refractivity contribution in [3.63, 3.8) is 0 Å². The van der Waals surface area contributed by atoms with Crippen LogP contribution in [0.1, 0.15) is 43.7 Å². The van der Waals surface area contributed by atoms with Crippen LogP contribution in [0.2, 0.25) is 0 Å². The lowest BCUT2D eigenvalue weighted by atomic mass is 9.77. The van der Waals surface area contributed by atoms with Gasteiger partial charge in [0.25, 0.3) is 0 Å². The number of carbonyl (C=O) groups is 1. The second kappa shape index (κ2) is 6.48. The van der Waals surface area contributed by atoms with Crippen LogP contribution in [0, 0.1) is 12.3 Å². The van der Waals surface area contributed by atoms with Gasteiger partial charge in [-0.05, 0) is 38.6 Å². The van der Waals surface area contributed by atoms with E-state index in [4.69, 9.17) is 9.15 Å². The van der Waals surface area contributed by atoms with Crippen LogP contribution in [0.5, 0.6) is 0 Å². The summed E-state index contributed by atoms with van der Waals surface area (Å²) in [5.74, 6) is 1.10. The van der Waals surface area contributed by atoms with E-state index in [0.717, 1.165) is 77.2 Å². The zero-order chi connectivity index (χ0) is 16.6. The molecule has 3 aliphatic rings. The standard InChI is InChI=1S/C18H27N3O3/c1-14-19-15(12-24-14)11-20-8-6-18(13-20)5-2-7-21(17(18)22)16-3-9-23-10-4-16/h12,16H,2-11,13H2,1H3/t18-/m1/s1. The van der Waals surface area contributed by atoms with E-state index in [1.54, 1.807) is 6.26 Å². The van der Waals surface area contributed by atoms with Crippen molar-refractivity contribution < 1.29 is 13.9 Å². The molecule has 3 saturated heterocycles. The van der Waals surface area contributed by atoms with Crippen molar-refractivity contribution in [3.05, 3.63) is 17.8 Å². The first-order valence-corrected chi connectivity index (χ1v) is 9.18. The summed E-state index contributed by atoms with van der Waals surface area (Å²) in [7, 11) is 0. The summed E-state index contributed by atoms with van der Waals surface area (Å²) in [4.78, 5) is 22.2. The highest BCUT2D eigenvalue weighted by Gasteiger charge is 2.49. The number of aryl methyl sites for hydroxylation is 1. The summed E-state index contributed by atoms with van der Waals surface area (Å²) in [6.07, 6.45) is 6.84. The van der Waals surface area contributed by atoms with Crippen molar-refractivity contribution in [1.29, 1.82) is 0 Å². The van der Waals surface area contributed by atoms with Gasteiger partial charge in [-0.1, -0.05) is 0 Å². The molecular weight excluding hydrogens is 306 g/mol. The molecule has 1 atom stereocenters. The van der Waals surface area contributed by atoms with Crippen LogP contribution in [0.15, 0.2) is 10.7 Å². The van der Waals surface area contributed by atoms with Gasteiger partial charge in [0.05, 0.1) is 11.1 Å². The molecule has 1 spiro atoms. The van der Waals surface area contributed by atoms with E-state index in [9.17, 15) is 4.79 Å². The number of likely N-dealkylation sites (tertiary alicyclic amines) is 2. The van der Waals surface area contributed by atoms with Gasteiger partial charge in [0.1, 0.15) is 6.26 Å². The largest absolute Gasteiger partial charge is 0.449 e. The van der Waals surface area contributed by atoms with E-state index in [2.05, 4.69) is 14.8 Å². The predicted octanol–water partition coefficient (Wildman–Crippen LogP) is 1.98. The van der Waals surface area contributed by atoms with Gasteiger partial charge in [0, 0.05) is 45.8 Å². The summed E-state index contributed by atoms with van der Waals surface area (Å²) >= 11 is 0. The third-order valence-corrected chi connectivity index (χ3v) is 5.89. The van der Waals surface area contributed by atoms with Crippen LogP contribution in [0.4, 0.5) is 0 Å². The molecule has 0 bridgehead atoms. The van der Waals surface area contributed by atoms with Crippen molar-refractivity contribution in [2.45, 2.75) is 51.6 Å². The molecule has 132 valence electrons. The fourth-order valence-electron chi connectivity index (χ4n) is 4.63. The summed E-state index contributed by atoms with van der Waals surface area (Å²) in [6.45, 7) is 6.98. The molecule has 4 heterocycles. The van der Waals surface area contributed by atoms with Crippen LogP contribution >= 0.6 is 0 Å². The fraction of sp³-hybridized carbons (Fsp3) is 0.778. The Kier molecular flexibility index (Phi) is 4.35. The second-order valence-electron chi connectivity index (χ2n) is 7.54. The van der Waals surface area contributed by atoms with Gasteiger partial charge in [-0.2, -0.15) is 0 Å². The maximum atomic E-state index is 13.3. The zero-order valence-corrected chi connectivity index (χ0v) is 14.5. The number of oxazole rings is 1. The normalized spacial score (nSPS) is 29.7. The molecule has 0 unspecified atom stereocenters. The number of rotatable bonds is 3. The topological polar surface area (TPSA) is 58.8 Å². The maximum Gasteiger partial charge on any atom is 0.230 e. The average Bonchev–Trinajstić information content (AvgIpc) is 3.19.